The molecule has 3 nitrogen and oxygen atoms in total. The van der Waals surface area contributed by atoms with Crippen LogP contribution in [0.5, 0.6) is 0 Å². The number of amides is 1. The van der Waals surface area contributed by atoms with Gasteiger partial charge in [-0.15, -0.1) is 11.8 Å². The lowest BCUT2D eigenvalue weighted by Crippen LogP contribution is -2.54. The van der Waals surface area contributed by atoms with Crippen molar-refractivity contribution in [3.8, 4) is 0 Å². The molecule has 2 saturated carbocycles. The number of rotatable bonds is 4. The molecule has 0 aromatic heterocycles. The van der Waals surface area contributed by atoms with Gasteiger partial charge in [-0.1, -0.05) is 24.1 Å². The maximum Gasteiger partial charge on any atom is 0.233 e. The standard InChI is InChI=1S/C19H28N2OS/c1-12-6-8-17(9-7-12)23-13(2)19(22)21-18-14-4-3-5-15(18)11-16(20)10-14/h6-9,13-16,18H,3-5,10-11,20H2,1-2H3,(H,21,22). The summed E-state index contributed by atoms with van der Waals surface area (Å²) >= 11 is 1.64. The van der Waals surface area contributed by atoms with E-state index in [1.165, 1.54) is 24.8 Å². The van der Waals surface area contributed by atoms with Crippen LogP contribution in [0, 0.1) is 18.8 Å². The van der Waals surface area contributed by atoms with Crippen molar-refractivity contribution >= 4 is 17.7 Å². The number of hydrogen-bond acceptors (Lipinski definition) is 3. The van der Waals surface area contributed by atoms with E-state index in [1.807, 2.05) is 6.92 Å². The van der Waals surface area contributed by atoms with Crippen molar-refractivity contribution in [3.63, 3.8) is 0 Å². The normalized spacial score (nSPS) is 31.4. The highest BCUT2D eigenvalue weighted by atomic mass is 32.2. The van der Waals surface area contributed by atoms with Gasteiger partial charge in [0.15, 0.2) is 0 Å². The number of hydrogen-bond donors (Lipinski definition) is 2. The molecule has 2 aliphatic rings. The van der Waals surface area contributed by atoms with Gasteiger partial charge in [-0.25, -0.2) is 0 Å². The summed E-state index contributed by atoms with van der Waals surface area (Å²) in [6, 6.07) is 9.06. The summed E-state index contributed by atoms with van der Waals surface area (Å²) in [5.74, 6) is 1.34. The Morgan fingerprint density at radius 2 is 1.83 bits per heavy atom. The molecule has 2 bridgehead atoms. The van der Waals surface area contributed by atoms with Gasteiger partial charge in [0.1, 0.15) is 0 Å². The number of fused-ring (bicyclic) bond motifs is 2. The van der Waals surface area contributed by atoms with E-state index in [0.717, 1.165) is 17.7 Å². The molecule has 0 spiro atoms. The second-order valence-corrected chi connectivity index (χ2v) is 8.70. The van der Waals surface area contributed by atoms with Gasteiger partial charge in [0, 0.05) is 17.0 Å². The second-order valence-electron chi connectivity index (χ2n) is 7.29. The van der Waals surface area contributed by atoms with Crippen molar-refractivity contribution in [2.45, 2.75) is 68.2 Å². The molecule has 0 heterocycles. The first kappa shape index (κ1) is 16.8. The monoisotopic (exact) mass is 332 g/mol. The van der Waals surface area contributed by atoms with Gasteiger partial charge in [-0.05, 0) is 63.5 Å². The molecule has 126 valence electrons. The maximum absolute atomic E-state index is 12.6. The Morgan fingerprint density at radius 1 is 1.22 bits per heavy atom. The van der Waals surface area contributed by atoms with Crippen molar-refractivity contribution in [1.82, 2.24) is 5.32 Å². The minimum absolute atomic E-state index is 0.0611. The highest BCUT2D eigenvalue weighted by Gasteiger charge is 2.40. The number of nitrogens with two attached hydrogens (primary N) is 1. The lowest BCUT2D eigenvalue weighted by Gasteiger charge is -2.45. The third kappa shape index (κ3) is 4.10. The van der Waals surface area contributed by atoms with Crippen LogP contribution >= 0.6 is 11.8 Å². The highest BCUT2D eigenvalue weighted by molar-refractivity contribution is 8.00. The summed E-state index contributed by atoms with van der Waals surface area (Å²) in [5, 5.41) is 3.30. The van der Waals surface area contributed by atoms with Crippen LogP contribution in [-0.2, 0) is 4.79 Å². The Kier molecular flexibility index (Phi) is 5.32. The van der Waals surface area contributed by atoms with Gasteiger partial charge in [0.05, 0.1) is 5.25 Å². The maximum atomic E-state index is 12.6. The van der Waals surface area contributed by atoms with Gasteiger partial charge < -0.3 is 11.1 Å². The predicted octanol–water partition coefficient (Wildman–Crippen LogP) is 3.50. The van der Waals surface area contributed by atoms with Crippen LogP contribution in [0.2, 0.25) is 0 Å². The molecule has 0 saturated heterocycles. The van der Waals surface area contributed by atoms with Crippen LogP contribution in [-0.4, -0.2) is 23.2 Å². The van der Waals surface area contributed by atoms with Gasteiger partial charge in [-0.3, -0.25) is 4.79 Å². The molecular weight excluding hydrogens is 304 g/mol. The minimum atomic E-state index is -0.0611. The summed E-state index contributed by atoms with van der Waals surface area (Å²) in [4.78, 5) is 13.8. The van der Waals surface area contributed by atoms with Crippen LogP contribution in [0.1, 0.15) is 44.6 Å². The summed E-state index contributed by atoms with van der Waals surface area (Å²) < 4.78 is 0. The number of carbonyl (C=O) groups excluding carboxylic acids is 1. The number of carbonyl (C=O) groups is 1. The molecule has 2 fully saturated rings. The zero-order valence-corrected chi connectivity index (χ0v) is 14.9. The fraction of sp³-hybridized carbons (Fsp3) is 0.632. The third-order valence-electron chi connectivity index (χ3n) is 5.39. The SMILES string of the molecule is Cc1ccc(SC(C)C(=O)NC2C3CCCC2CC(N)C3)cc1. The van der Waals surface area contributed by atoms with Crippen LogP contribution in [0.4, 0.5) is 0 Å². The number of aryl methyl sites for hydroxylation is 1. The van der Waals surface area contributed by atoms with E-state index in [4.69, 9.17) is 5.73 Å². The van der Waals surface area contributed by atoms with E-state index in [0.29, 0.717) is 23.9 Å². The summed E-state index contributed by atoms with van der Waals surface area (Å²) in [6.45, 7) is 4.08. The van der Waals surface area contributed by atoms with E-state index in [1.54, 1.807) is 11.8 Å². The summed E-state index contributed by atoms with van der Waals surface area (Å²) in [7, 11) is 0. The molecular formula is C19H28N2OS. The van der Waals surface area contributed by atoms with E-state index in [9.17, 15) is 4.79 Å². The van der Waals surface area contributed by atoms with Gasteiger partial charge in [-0.2, -0.15) is 0 Å². The molecule has 0 aliphatic heterocycles. The van der Waals surface area contributed by atoms with Gasteiger partial charge >= 0.3 is 0 Å². The van der Waals surface area contributed by atoms with Crippen LogP contribution in [0.25, 0.3) is 0 Å². The Balaban J connectivity index is 1.58. The summed E-state index contributed by atoms with van der Waals surface area (Å²) in [6.07, 6.45) is 5.87. The lowest BCUT2D eigenvalue weighted by atomic mass is 9.67. The largest absolute Gasteiger partial charge is 0.352 e. The zero-order valence-electron chi connectivity index (χ0n) is 14.1. The van der Waals surface area contributed by atoms with Crippen LogP contribution in [0.3, 0.4) is 0 Å². The van der Waals surface area contributed by atoms with Crippen molar-refractivity contribution in [2.24, 2.45) is 17.6 Å². The molecule has 2 aliphatic carbocycles. The van der Waals surface area contributed by atoms with Gasteiger partial charge in [0.2, 0.25) is 5.91 Å². The molecule has 23 heavy (non-hydrogen) atoms. The average Bonchev–Trinajstić information content (AvgIpc) is 2.50. The van der Waals surface area contributed by atoms with Crippen molar-refractivity contribution in [3.05, 3.63) is 29.8 Å². The quantitative estimate of drug-likeness (QED) is 0.830. The first-order chi connectivity index (χ1) is 11.0. The van der Waals surface area contributed by atoms with Gasteiger partial charge in [0.25, 0.3) is 0 Å². The molecule has 3 atom stereocenters. The number of thioether (sulfide) groups is 1. The average molecular weight is 333 g/mol. The van der Waals surface area contributed by atoms with E-state index < -0.39 is 0 Å². The van der Waals surface area contributed by atoms with Crippen molar-refractivity contribution < 1.29 is 4.79 Å². The Bertz CT molecular complexity index is 531. The fourth-order valence-electron chi connectivity index (χ4n) is 4.18. The number of nitrogens with one attached hydrogen (secondary N) is 1. The fourth-order valence-corrected chi connectivity index (χ4v) is 5.06. The van der Waals surface area contributed by atoms with Crippen LogP contribution in [0.15, 0.2) is 29.2 Å². The molecule has 4 heteroatoms. The first-order valence-corrected chi connectivity index (χ1v) is 9.70. The van der Waals surface area contributed by atoms with Crippen molar-refractivity contribution in [2.75, 3.05) is 0 Å². The topological polar surface area (TPSA) is 55.1 Å². The van der Waals surface area contributed by atoms with Crippen LogP contribution < -0.4 is 11.1 Å². The third-order valence-corrected chi connectivity index (χ3v) is 6.50. The van der Waals surface area contributed by atoms with E-state index >= 15 is 0 Å². The lowest BCUT2D eigenvalue weighted by molar-refractivity contribution is -0.122. The van der Waals surface area contributed by atoms with E-state index in [2.05, 4.69) is 36.5 Å². The van der Waals surface area contributed by atoms with E-state index in [-0.39, 0.29) is 11.2 Å². The Hall–Kier alpha value is -1.00. The zero-order chi connectivity index (χ0) is 16.4. The van der Waals surface area contributed by atoms with Crippen molar-refractivity contribution in [1.29, 1.82) is 0 Å². The molecule has 1 amide bonds. The Morgan fingerprint density at radius 3 is 2.43 bits per heavy atom. The smallest absolute Gasteiger partial charge is 0.233 e. The number of benzene rings is 1. The molecule has 0 radical (unpaired) electrons. The molecule has 3 unspecified atom stereocenters. The second kappa shape index (κ2) is 7.27. The molecule has 3 rings (SSSR count). The predicted molar refractivity (Wildman–Crippen MR) is 96.5 cm³/mol. The Labute approximate surface area is 143 Å². The highest BCUT2D eigenvalue weighted by Crippen LogP contribution is 2.40. The molecule has 1 aromatic carbocycles. The first-order valence-electron chi connectivity index (χ1n) is 8.82. The minimum Gasteiger partial charge on any atom is -0.352 e. The summed E-state index contributed by atoms with van der Waals surface area (Å²) in [5.41, 5.74) is 7.42. The molecule has 1 aromatic rings. The molecule has 3 N–H and O–H groups in total.